The molecule has 0 aromatic heterocycles. The van der Waals surface area contributed by atoms with E-state index < -0.39 is 17.3 Å². The number of esters is 1. The number of ether oxygens (including phenoxy) is 4. The summed E-state index contributed by atoms with van der Waals surface area (Å²) in [6.45, 7) is 7.63. The number of alkyl halides is 3. The quantitative estimate of drug-likeness (QED) is 0.457. The minimum absolute atomic E-state index is 0.0439. The molecule has 0 N–H and O–H groups in total. The number of carbonyl (C=O) groups is 1. The molecule has 0 aliphatic carbocycles. The van der Waals surface area contributed by atoms with E-state index in [-0.39, 0.29) is 24.2 Å². The van der Waals surface area contributed by atoms with E-state index in [1.54, 1.807) is 18.2 Å². The number of hydrogen-bond donors (Lipinski definition) is 0. The SMILES string of the molecule is COc1cc(C2CN(CCC(=O)OC(C)(C)C)CCO2)ccc1OCc1ccccc1C(F)(F)F. The van der Waals surface area contributed by atoms with Crippen LogP contribution in [-0.2, 0) is 27.1 Å². The van der Waals surface area contributed by atoms with Crippen molar-refractivity contribution in [3.63, 3.8) is 0 Å². The van der Waals surface area contributed by atoms with Crippen LogP contribution in [0.15, 0.2) is 42.5 Å². The summed E-state index contributed by atoms with van der Waals surface area (Å²) in [5.41, 5.74) is -0.341. The number of halogens is 3. The third kappa shape index (κ3) is 7.86. The van der Waals surface area contributed by atoms with Crippen molar-refractivity contribution in [3.05, 3.63) is 59.2 Å². The maximum absolute atomic E-state index is 13.3. The van der Waals surface area contributed by atoms with Crippen LogP contribution in [-0.4, -0.2) is 49.8 Å². The largest absolute Gasteiger partial charge is 0.493 e. The highest BCUT2D eigenvalue weighted by Crippen LogP contribution is 2.35. The van der Waals surface area contributed by atoms with E-state index in [1.807, 2.05) is 26.8 Å². The lowest BCUT2D eigenvalue weighted by molar-refractivity contribution is -0.155. The molecule has 1 fully saturated rings. The smallest absolute Gasteiger partial charge is 0.416 e. The molecular weight excluding hydrogens is 463 g/mol. The number of carbonyl (C=O) groups excluding carboxylic acids is 1. The third-order valence-electron chi connectivity index (χ3n) is 5.47. The van der Waals surface area contributed by atoms with Crippen molar-refractivity contribution in [2.24, 2.45) is 0 Å². The topological polar surface area (TPSA) is 57.2 Å². The zero-order valence-electron chi connectivity index (χ0n) is 20.5. The fourth-order valence-electron chi connectivity index (χ4n) is 3.83. The highest BCUT2D eigenvalue weighted by Gasteiger charge is 2.33. The predicted molar refractivity (Wildman–Crippen MR) is 124 cm³/mol. The molecule has 192 valence electrons. The highest BCUT2D eigenvalue weighted by atomic mass is 19.4. The second-order valence-corrected chi connectivity index (χ2v) is 9.35. The van der Waals surface area contributed by atoms with Gasteiger partial charge in [0.25, 0.3) is 0 Å². The average Bonchev–Trinajstić information content (AvgIpc) is 2.80. The Balaban J connectivity index is 1.63. The minimum Gasteiger partial charge on any atom is -0.493 e. The van der Waals surface area contributed by atoms with Gasteiger partial charge in [-0.25, -0.2) is 0 Å². The number of rotatable bonds is 8. The van der Waals surface area contributed by atoms with Gasteiger partial charge in [0, 0.05) is 25.2 Å². The number of methoxy groups -OCH3 is 1. The van der Waals surface area contributed by atoms with E-state index in [1.165, 1.54) is 19.2 Å². The van der Waals surface area contributed by atoms with E-state index in [0.717, 1.165) is 11.6 Å². The second kappa shape index (κ2) is 11.3. The van der Waals surface area contributed by atoms with Crippen molar-refractivity contribution in [2.75, 3.05) is 33.4 Å². The first kappa shape index (κ1) is 26.8. The minimum atomic E-state index is -4.46. The maximum Gasteiger partial charge on any atom is 0.416 e. The Morgan fingerprint density at radius 2 is 1.86 bits per heavy atom. The normalized spacial score (nSPS) is 17.2. The standard InChI is InChI=1S/C26H32F3NO5/c1-25(2,3)35-24(31)11-12-30-13-14-33-23(16-30)18-9-10-21(22(15-18)32-4)34-17-19-7-5-6-8-20(19)26(27,28)29/h5-10,15,23H,11-14,16-17H2,1-4H3. The summed E-state index contributed by atoms with van der Waals surface area (Å²) in [6.07, 6.45) is -4.41. The Bertz CT molecular complexity index is 1000. The van der Waals surface area contributed by atoms with Gasteiger partial charge in [-0.2, -0.15) is 13.2 Å². The van der Waals surface area contributed by atoms with Gasteiger partial charge in [-0.3, -0.25) is 9.69 Å². The van der Waals surface area contributed by atoms with Crippen molar-refractivity contribution in [1.29, 1.82) is 0 Å². The molecule has 1 atom stereocenters. The van der Waals surface area contributed by atoms with Crippen LogP contribution in [0.3, 0.4) is 0 Å². The van der Waals surface area contributed by atoms with Gasteiger partial charge >= 0.3 is 12.1 Å². The summed E-state index contributed by atoms with van der Waals surface area (Å²) < 4.78 is 62.2. The van der Waals surface area contributed by atoms with Crippen LogP contribution < -0.4 is 9.47 Å². The Labute approximate surface area is 203 Å². The van der Waals surface area contributed by atoms with Gasteiger partial charge in [0.15, 0.2) is 11.5 Å². The first-order chi connectivity index (χ1) is 16.5. The van der Waals surface area contributed by atoms with Crippen LogP contribution in [0.4, 0.5) is 13.2 Å². The summed E-state index contributed by atoms with van der Waals surface area (Å²) in [6, 6.07) is 10.6. The third-order valence-corrected chi connectivity index (χ3v) is 5.47. The van der Waals surface area contributed by atoms with Crippen molar-refractivity contribution < 1.29 is 36.9 Å². The van der Waals surface area contributed by atoms with Gasteiger partial charge < -0.3 is 18.9 Å². The second-order valence-electron chi connectivity index (χ2n) is 9.35. The number of hydrogen-bond acceptors (Lipinski definition) is 6. The Hall–Kier alpha value is -2.78. The van der Waals surface area contributed by atoms with Crippen LogP contribution >= 0.6 is 0 Å². The molecule has 3 rings (SSSR count). The Morgan fingerprint density at radius 3 is 2.54 bits per heavy atom. The zero-order chi connectivity index (χ0) is 25.6. The maximum atomic E-state index is 13.3. The fourth-order valence-corrected chi connectivity index (χ4v) is 3.83. The average molecular weight is 496 g/mol. The van der Waals surface area contributed by atoms with Crippen molar-refractivity contribution >= 4 is 5.97 Å². The van der Waals surface area contributed by atoms with E-state index in [4.69, 9.17) is 18.9 Å². The molecule has 1 aliphatic heterocycles. The summed E-state index contributed by atoms with van der Waals surface area (Å²) >= 11 is 0. The molecule has 0 bridgehead atoms. The van der Waals surface area contributed by atoms with E-state index >= 15 is 0 Å². The molecule has 9 heteroatoms. The predicted octanol–water partition coefficient (Wildman–Crippen LogP) is 5.40. The summed E-state index contributed by atoms with van der Waals surface area (Å²) in [7, 11) is 1.48. The molecule has 1 heterocycles. The molecule has 0 radical (unpaired) electrons. The lowest BCUT2D eigenvalue weighted by atomic mass is 10.1. The Kier molecular flexibility index (Phi) is 8.66. The molecule has 0 spiro atoms. The molecule has 1 aliphatic rings. The van der Waals surface area contributed by atoms with Gasteiger partial charge in [-0.15, -0.1) is 0 Å². The summed E-state index contributed by atoms with van der Waals surface area (Å²) in [5, 5.41) is 0. The number of benzene rings is 2. The van der Waals surface area contributed by atoms with E-state index in [9.17, 15) is 18.0 Å². The van der Waals surface area contributed by atoms with E-state index in [2.05, 4.69) is 4.90 Å². The highest BCUT2D eigenvalue weighted by molar-refractivity contribution is 5.70. The van der Waals surface area contributed by atoms with Crippen molar-refractivity contribution in [1.82, 2.24) is 4.90 Å². The molecule has 0 amide bonds. The zero-order valence-corrected chi connectivity index (χ0v) is 20.5. The van der Waals surface area contributed by atoms with Gasteiger partial charge in [0.1, 0.15) is 12.2 Å². The van der Waals surface area contributed by atoms with Crippen LogP contribution in [0.25, 0.3) is 0 Å². The molecule has 35 heavy (non-hydrogen) atoms. The molecule has 1 saturated heterocycles. The molecule has 6 nitrogen and oxygen atoms in total. The molecule has 2 aromatic rings. The molecule has 1 unspecified atom stereocenters. The van der Waals surface area contributed by atoms with Gasteiger partial charge in [-0.1, -0.05) is 24.3 Å². The number of morpholine rings is 1. The molecule has 0 saturated carbocycles. The lowest BCUT2D eigenvalue weighted by Gasteiger charge is -2.33. The van der Waals surface area contributed by atoms with E-state index in [0.29, 0.717) is 44.2 Å². The van der Waals surface area contributed by atoms with Crippen molar-refractivity contribution in [3.8, 4) is 11.5 Å². The van der Waals surface area contributed by atoms with Crippen LogP contribution in [0.1, 0.15) is 50.0 Å². The molecule has 2 aromatic carbocycles. The fraction of sp³-hybridized carbons (Fsp3) is 0.500. The van der Waals surface area contributed by atoms with Gasteiger partial charge in [-0.05, 0) is 44.5 Å². The first-order valence-corrected chi connectivity index (χ1v) is 11.5. The van der Waals surface area contributed by atoms with Crippen LogP contribution in [0.2, 0.25) is 0 Å². The van der Waals surface area contributed by atoms with Gasteiger partial charge in [0.05, 0.1) is 31.8 Å². The first-order valence-electron chi connectivity index (χ1n) is 11.5. The Morgan fingerprint density at radius 1 is 1.11 bits per heavy atom. The van der Waals surface area contributed by atoms with Crippen LogP contribution in [0, 0.1) is 0 Å². The van der Waals surface area contributed by atoms with Crippen molar-refractivity contribution in [2.45, 2.75) is 51.7 Å². The van der Waals surface area contributed by atoms with Gasteiger partial charge in [0.2, 0.25) is 0 Å². The summed E-state index contributed by atoms with van der Waals surface area (Å²) in [4.78, 5) is 14.2. The van der Waals surface area contributed by atoms with Crippen LogP contribution in [0.5, 0.6) is 11.5 Å². The lowest BCUT2D eigenvalue weighted by Crippen LogP contribution is -2.40. The summed E-state index contributed by atoms with van der Waals surface area (Å²) in [5.74, 6) is 0.503. The molecular formula is C26H32F3NO5. The monoisotopic (exact) mass is 495 g/mol. The number of nitrogens with zero attached hydrogens (tertiary/aromatic N) is 1.